The van der Waals surface area contributed by atoms with E-state index in [0.717, 1.165) is 55.2 Å². The van der Waals surface area contributed by atoms with E-state index in [2.05, 4.69) is 129 Å². The van der Waals surface area contributed by atoms with Gasteiger partial charge in [-0.15, -0.1) is 0 Å². The second-order valence-corrected chi connectivity index (χ2v) is 18.6. The van der Waals surface area contributed by atoms with Gasteiger partial charge in [0.25, 0.3) is 0 Å². The number of aromatic nitrogens is 4. The van der Waals surface area contributed by atoms with Crippen LogP contribution >= 0.6 is 0 Å². The van der Waals surface area contributed by atoms with Crippen LogP contribution in [-0.2, 0) is 0 Å². The predicted molar refractivity (Wildman–Crippen MR) is 290 cm³/mol. The minimum Gasteiger partial charge on any atom is -0.308 e. The van der Waals surface area contributed by atoms with Crippen molar-refractivity contribution in [1.29, 1.82) is 21.0 Å². The monoisotopic (exact) mass is 934 g/mol. The van der Waals surface area contributed by atoms with Gasteiger partial charge in [-0.3, -0.25) is 0 Å². The maximum Gasteiger partial charge on any atom is 0.164 e. The van der Waals surface area contributed by atoms with E-state index >= 15 is 0 Å². The average Bonchev–Trinajstić information content (AvgIpc) is 3.74. The quantitative estimate of drug-likeness (QED) is 0.148. The van der Waals surface area contributed by atoms with Crippen LogP contribution in [0.5, 0.6) is 0 Å². The largest absolute Gasteiger partial charge is 0.308 e. The molecule has 0 saturated carbocycles. The first-order chi connectivity index (χ1) is 35.6. The Labute approximate surface area is 423 Å². The van der Waals surface area contributed by atoms with Gasteiger partial charge in [0, 0.05) is 38.6 Å². The second kappa shape index (κ2) is 18.6. The van der Waals surface area contributed by atoms with Crippen LogP contribution in [0.15, 0.2) is 182 Å². The number of nitrogens with zero attached hydrogens (tertiary/aromatic N) is 8. The topological polar surface area (TPSA) is 139 Å². The SMILES string of the molecule is Cc1cc(C)cc(-c2ccc3c(c2)c2cc(-c4cc(C)cc(C)c4)ccc2n3-c2c(-c3cc(C#N)cc(C#N)c3)cc(-c3nc(-c4ccccc4)nc(-c4ccccc4)n3)cc2-c2cc(C#N)cc(C#N)c2)c1. The lowest BCUT2D eigenvalue weighted by molar-refractivity contribution is 1.07. The molecule has 73 heavy (non-hydrogen) atoms. The van der Waals surface area contributed by atoms with Gasteiger partial charge in [0.05, 0.1) is 63.3 Å². The van der Waals surface area contributed by atoms with Crippen molar-refractivity contribution >= 4 is 21.8 Å². The molecule has 11 aromatic rings. The highest BCUT2D eigenvalue weighted by Gasteiger charge is 2.25. The molecule has 0 amide bonds. The third-order valence-electron chi connectivity index (χ3n) is 13.2. The van der Waals surface area contributed by atoms with Gasteiger partial charge in [0.1, 0.15) is 0 Å². The third kappa shape index (κ3) is 8.64. The Balaban J connectivity index is 1.31. The summed E-state index contributed by atoms with van der Waals surface area (Å²) in [5.74, 6) is 1.30. The highest BCUT2D eigenvalue weighted by atomic mass is 15.0. The summed E-state index contributed by atoms with van der Waals surface area (Å²) in [4.78, 5) is 15.3. The zero-order valence-electron chi connectivity index (χ0n) is 40.4. The fourth-order valence-corrected chi connectivity index (χ4v) is 10.1. The van der Waals surface area contributed by atoms with E-state index in [0.29, 0.717) is 73.2 Å². The molecular weight excluding hydrogens is 893 g/mol. The molecule has 0 N–H and O–H groups in total. The molecule has 0 aliphatic heterocycles. The van der Waals surface area contributed by atoms with Crippen molar-refractivity contribution < 1.29 is 0 Å². The number of benzene rings is 9. The molecule has 2 aromatic heterocycles. The molecule has 0 radical (unpaired) electrons. The lowest BCUT2D eigenvalue weighted by Crippen LogP contribution is -2.04. The number of aryl methyl sites for hydroxylation is 4. The van der Waals surface area contributed by atoms with E-state index in [4.69, 9.17) is 15.0 Å². The summed E-state index contributed by atoms with van der Waals surface area (Å²) in [6.07, 6.45) is 0. The van der Waals surface area contributed by atoms with Crippen molar-refractivity contribution in [3.8, 4) is 109 Å². The normalized spacial score (nSPS) is 11.0. The molecule has 9 aromatic carbocycles. The molecule has 8 nitrogen and oxygen atoms in total. The molecule has 0 bridgehead atoms. The van der Waals surface area contributed by atoms with Crippen LogP contribution in [0, 0.1) is 73.0 Å². The van der Waals surface area contributed by atoms with Crippen LogP contribution in [0.2, 0.25) is 0 Å². The molecule has 8 heteroatoms. The van der Waals surface area contributed by atoms with Gasteiger partial charge in [0.15, 0.2) is 17.5 Å². The van der Waals surface area contributed by atoms with Gasteiger partial charge in [-0.05, 0) is 134 Å². The molecule has 11 rings (SSSR count). The van der Waals surface area contributed by atoms with Crippen molar-refractivity contribution in [2.75, 3.05) is 0 Å². The highest BCUT2D eigenvalue weighted by Crippen LogP contribution is 2.46. The number of fused-ring (bicyclic) bond motifs is 3. The van der Waals surface area contributed by atoms with Crippen LogP contribution in [-0.4, -0.2) is 19.5 Å². The van der Waals surface area contributed by atoms with E-state index in [1.165, 1.54) is 22.3 Å². The first kappa shape index (κ1) is 45.2. The first-order valence-corrected chi connectivity index (χ1v) is 23.8. The smallest absolute Gasteiger partial charge is 0.164 e. The molecular formula is C65H42N8. The summed E-state index contributed by atoms with van der Waals surface area (Å²) in [5.41, 5.74) is 17.4. The maximum absolute atomic E-state index is 10.5. The number of hydrogen-bond donors (Lipinski definition) is 0. The highest BCUT2D eigenvalue weighted by molar-refractivity contribution is 6.13. The summed E-state index contributed by atoms with van der Waals surface area (Å²) in [5, 5.41) is 43.9. The molecule has 0 spiro atoms. The summed E-state index contributed by atoms with van der Waals surface area (Å²) >= 11 is 0. The van der Waals surface area contributed by atoms with Gasteiger partial charge >= 0.3 is 0 Å². The predicted octanol–water partition coefficient (Wildman–Crippen LogP) is 15.4. The lowest BCUT2D eigenvalue weighted by Gasteiger charge is -2.22. The van der Waals surface area contributed by atoms with Gasteiger partial charge in [-0.1, -0.05) is 131 Å². The average molecular weight is 935 g/mol. The zero-order chi connectivity index (χ0) is 50.3. The van der Waals surface area contributed by atoms with E-state index in [9.17, 15) is 21.0 Å². The van der Waals surface area contributed by atoms with Gasteiger partial charge < -0.3 is 4.57 Å². The van der Waals surface area contributed by atoms with E-state index in [-0.39, 0.29) is 0 Å². The van der Waals surface area contributed by atoms with Gasteiger partial charge in [-0.25, -0.2) is 15.0 Å². The summed E-state index contributed by atoms with van der Waals surface area (Å²) < 4.78 is 2.24. The fraction of sp³-hybridized carbons (Fsp3) is 0.0615. The van der Waals surface area contributed by atoms with Gasteiger partial charge in [-0.2, -0.15) is 21.0 Å². The zero-order valence-corrected chi connectivity index (χ0v) is 40.4. The minimum atomic E-state index is 0.307. The molecule has 2 heterocycles. The Morgan fingerprint density at radius 3 is 1.03 bits per heavy atom. The minimum absolute atomic E-state index is 0.307. The Bertz CT molecular complexity index is 3870. The van der Waals surface area contributed by atoms with Crippen LogP contribution in [0.25, 0.3) is 106 Å². The number of rotatable bonds is 8. The van der Waals surface area contributed by atoms with Crippen molar-refractivity contribution in [2.45, 2.75) is 27.7 Å². The Hall–Kier alpha value is -10.3. The Morgan fingerprint density at radius 1 is 0.315 bits per heavy atom. The van der Waals surface area contributed by atoms with Gasteiger partial charge in [0.2, 0.25) is 0 Å². The molecule has 0 aliphatic rings. The fourth-order valence-electron chi connectivity index (χ4n) is 10.1. The van der Waals surface area contributed by atoms with Crippen LogP contribution in [0.1, 0.15) is 44.5 Å². The summed E-state index contributed by atoms with van der Waals surface area (Å²) in [7, 11) is 0. The lowest BCUT2D eigenvalue weighted by atomic mass is 9.90. The van der Waals surface area contributed by atoms with Crippen molar-refractivity contribution in [3.63, 3.8) is 0 Å². The second-order valence-electron chi connectivity index (χ2n) is 18.6. The number of hydrogen-bond acceptors (Lipinski definition) is 7. The molecule has 0 saturated heterocycles. The van der Waals surface area contributed by atoms with Crippen LogP contribution in [0.3, 0.4) is 0 Å². The Kier molecular flexibility index (Phi) is 11.5. The van der Waals surface area contributed by atoms with Crippen molar-refractivity contribution in [2.24, 2.45) is 0 Å². The standard InChI is InChI=1S/C65H42N8/c1-39-19-40(2)22-51(21-39)49-15-17-60-58(31-49)59-32-50(52-23-41(3)20-42(4)24-52)16-18-61(59)73(60)62-56(53-27-43(35-66)25-44(28-53)36-67)33-55(34-57(62)54-29-45(37-68)26-46(30-54)38-69)65-71-63(47-11-7-5-8-12-47)70-64(72-65)48-13-9-6-10-14-48/h5-34H,1-4H3. The Morgan fingerprint density at radius 2 is 0.671 bits per heavy atom. The molecule has 0 fully saturated rings. The number of nitriles is 4. The first-order valence-electron chi connectivity index (χ1n) is 23.8. The van der Waals surface area contributed by atoms with E-state index < -0.39 is 0 Å². The van der Waals surface area contributed by atoms with E-state index in [1.807, 2.05) is 72.8 Å². The third-order valence-corrected chi connectivity index (χ3v) is 13.2. The van der Waals surface area contributed by atoms with Crippen molar-refractivity contribution in [1.82, 2.24) is 19.5 Å². The van der Waals surface area contributed by atoms with E-state index in [1.54, 1.807) is 36.4 Å². The van der Waals surface area contributed by atoms with Crippen LogP contribution < -0.4 is 0 Å². The maximum atomic E-state index is 10.5. The van der Waals surface area contributed by atoms with Crippen LogP contribution in [0.4, 0.5) is 0 Å². The summed E-state index contributed by atoms with van der Waals surface area (Å²) in [6, 6.07) is 69.4. The molecule has 0 atom stereocenters. The molecule has 342 valence electrons. The molecule has 0 unspecified atom stereocenters. The van der Waals surface area contributed by atoms with Crippen molar-refractivity contribution in [3.05, 3.63) is 226 Å². The molecule has 0 aliphatic carbocycles. The summed E-state index contributed by atoms with van der Waals surface area (Å²) in [6.45, 7) is 8.46.